The van der Waals surface area contributed by atoms with Gasteiger partial charge in [-0.3, -0.25) is 0 Å². The molecule has 2 aromatic carbocycles. The van der Waals surface area contributed by atoms with Gasteiger partial charge in [0.05, 0.1) is 0 Å². The molecule has 0 fully saturated rings. The van der Waals surface area contributed by atoms with Crippen molar-refractivity contribution in [1.29, 1.82) is 0 Å². The van der Waals surface area contributed by atoms with Gasteiger partial charge in [-0.05, 0) is 100 Å². The van der Waals surface area contributed by atoms with Gasteiger partial charge in [0.1, 0.15) is 0 Å². The van der Waals surface area contributed by atoms with Crippen LogP contribution in [0, 0.1) is 13.8 Å². The van der Waals surface area contributed by atoms with E-state index in [0.29, 0.717) is 5.92 Å². The lowest BCUT2D eigenvalue weighted by molar-refractivity contribution is 0.868. The van der Waals surface area contributed by atoms with Crippen molar-refractivity contribution in [2.75, 3.05) is 38.0 Å². The van der Waals surface area contributed by atoms with Crippen LogP contribution in [0.3, 0.4) is 0 Å². The van der Waals surface area contributed by atoms with Gasteiger partial charge in [-0.2, -0.15) is 0 Å². The maximum Gasteiger partial charge on any atom is 0.0361 e. The first-order valence-electron chi connectivity index (χ1n) is 12.5. The molecule has 35 heavy (non-hydrogen) atoms. The Labute approximate surface area is 211 Å². The number of benzene rings is 2. The summed E-state index contributed by atoms with van der Waals surface area (Å²) in [5.41, 5.74) is 14.1. The highest BCUT2D eigenvalue weighted by Gasteiger charge is 2.17. The van der Waals surface area contributed by atoms with Gasteiger partial charge < -0.3 is 9.80 Å². The molecule has 0 spiro atoms. The first-order chi connectivity index (χ1) is 16.7. The number of anilines is 2. The Morgan fingerprint density at radius 2 is 1.17 bits per heavy atom. The third-order valence-corrected chi connectivity index (χ3v) is 6.94. The van der Waals surface area contributed by atoms with Crippen LogP contribution < -0.4 is 9.80 Å². The summed E-state index contributed by atoms with van der Waals surface area (Å²) < 4.78 is 0. The Morgan fingerprint density at radius 3 is 1.63 bits per heavy atom. The van der Waals surface area contributed by atoms with Gasteiger partial charge in [0.2, 0.25) is 0 Å². The number of fused-ring (bicyclic) bond motifs is 1. The van der Waals surface area contributed by atoms with Crippen LogP contribution in [0.2, 0.25) is 0 Å². The molecule has 0 unspecified atom stereocenters. The average Bonchev–Trinajstić information content (AvgIpc) is 3.02. The van der Waals surface area contributed by atoms with Crippen LogP contribution in [0.15, 0.2) is 72.8 Å². The lowest BCUT2D eigenvalue weighted by Crippen LogP contribution is -2.08. The van der Waals surface area contributed by atoms with Crippen LogP contribution in [0.5, 0.6) is 0 Å². The minimum Gasteiger partial charge on any atom is -0.378 e. The van der Waals surface area contributed by atoms with Crippen LogP contribution in [-0.4, -0.2) is 28.2 Å². The highest BCUT2D eigenvalue weighted by molar-refractivity contribution is 5.97. The van der Waals surface area contributed by atoms with Gasteiger partial charge in [0, 0.05) is 39.6 Å². The van der Waals surface area contributed by atoms with Crippen LogP contribution in [0.4, 0.5) is 11.4 Å². The molecule has 180 valence electrons. The van der Waals surface area contributed by atoms with Crippen LogP contribution in [0.1, 0.15) is 53.1 Å². The predicted molar refractivity (Wildman–Crippen MR) is 155 cm³/mol. The van der Waals surface area contributed by atoms with E-state index in [1.165, 1.54) is 61.5 Å². The molecule has 0 N–H and O–H groups in total. The summed E-state index contributed by atoms with van der Waals surface area (Å²) in [6, 6.07) is 27.1. The van der Waals surface area contributed by atoms with E-state index in [-0.39, 0.29) is 0 Å². The molecule has 0 radical (unpaired) electrons. The Kier molecular flexibility index (Phi) is 7.03. The van der Waals surface area contributed by atoms with Crippen LogP contribution in [0.25, 0.3) is 22.8 Å². The summed E-state index contributed by atoms with van der Waals surface area (Å²) in [5.74, 6) is 0.499. The molecule has 2 aromatic rings. The first-order valence-corrected chi connectivity index (χ1v) is 12.5. The van der Waals surface area contributed by atoms with Gasteiger partial charge in [-0.15, -0.1) is 0 Å². The van der Waals surface area contributed by atoms with Gasteiger partial charge in [-0.1, -0.05) is 62.4 Å². The van der Waals surface area contributed by atoms with E-state index < -0.39 is 0 Å². The van der Waals surface area contributed by atoms with E-state index >= 15 is 0 Å². The molecule has 0 amide bonds. The highest BCUT2D eigenvalue weighted by Crippen LogP contribution is 2.39. The largest absolute Gasteiger partial charge is 0.378 e. The number of aryl methyl sites for hydroxylation is 2. The van der Waals surface area contributed by atoms with Crippen molar-refractivity contribution < 1.29 is 0 Å². The summed E-state index contributed by atoms with van der Waals surface area (Å²) >= 11 is 0. The SMILES string of the molecule is Cc1cc(C=C(c2ccc(N(C)C)cc2)c2ccc(N(C)C)cc2)c2c(C)ccc(C(C)C)cc1-2. The van der Waals surface area contributed by atoms with Crippen LogP contribution in [-0.2, 0) is 0 Å². The third-order valence-electron chi connectivity index (χ3n) is 6.94. The fourth-order valence-electron chi connectivity index (χ4n) is 4.72. The fraction of sp³-hybridized carbons (Fsp3) is 0.273. The minimum absolute atomic E-state index is 0.499. The number of nitrogens with zero attached hydrogens (tertiary/aromatic N) is 2. The number of rotatable bonds is 6. The lowest BCUT2D eigenvalue weighted by Gasteiger charge is -2.16. The van der Waals surface area contributed by atoms with Gasteiger partial charge in [-0.25, -0.2) is 0 Å². The zero-order valence-electron chi connectivity index (χ0n) is 22.5. The second kappa shape index (κ2) is 10.00. The van der Waals surface area contributed by atoms with E-state index in [1.54, 1.807) is 0 Å². The van der Waals surface area contributed by atoms with Crippen molar-refractivity contribution in [1.82, 2.24) is 0 Å². The molecular weight excluding hydrogens is 424 g/mol. The quantitative estimate of drug-likeness (QED) is 0.285. The topological polar surface area (TPSA) is 6.48 Å². The molecule has 2 aliphatic carbocycles. The van der Waals surface area contributed by atoms with Crippen molar-refractivity contribution in [2.45, 2.75) is 33.6 Å². The Balaban J connectivity index is 1.91. The molecule has 0 aromatic heterocycles. The first kappa shape index (κ1) is 24.6. The molecule has 0 bridgehead atoms. The predicted octanol–water partition coefficient (Wildman–Crippen LogP) is 8.25. The average molecular weight is 463 g/mol. The lowest BCUT2D eigenvalue weighted by atomic mass is 9.93. The van der Waals surface area contributed by atoms with Gasteiger partial charge in [0.15, 0.2) is 0 Å². The molecule has 0 aliphatic heterocycles. The Hall–Kier alpha value is -3.52. The molecular formula is C33H38N2. The van der Waals surface area contributed by atoms with Crippen molar-refractivity contribution >= 4 is 23.0 Å². The number of hydrogen-bond acceptors (Lipinski definition) is 2. The third kappa shape index (κ3) is 5.12. The molecule has 0 saturated carbocycles. The van der Waals surface area contributed by atoms with E-state index in [0.717, 1.165) is 0 Å². The summed E-state index contributed by atoms with van der Waals surface area (Å²) in [6.07, 6.45) is 2.38. The van der Waals surface area contributed by atoms with Gasteiger partial charge >= 0.3 is 0 Å². The molecule has 4 rings (SSSR count). The molecule has 2 aliphatic rings. The Morgan fingerprint density at radius 1 is 0.657 bits per heavy atom. The normalized spacial score (nSPS) is 11.1. The maximum absolute atomic E-state index is 2.39. The Bertz CT molecular complexity index is 1250. The van der Waals surface area contributed by atoms with Crippen molar-refractivity contribution in [3.8, 4) is 11.1 Å². The fourth-order valence-corrected chi connectivity index (χ4v) is 4.72. The maximum atomic E-state index is 2.39. The van der Waals surface area contributed by atoms with Crippen LogP contribution >= 0.6 is 0 Å². The molecule has 0 saturated heterocycles. The van der Waals surface area contributed by atoms with Gasteiger partial charge in [0.25, 0.3) is 0 Å². The zero-order valence-corrected chi connectivity index (χ0v) is 22.5. The molecule has 0 atom stereocenters. The van der Waals surface area contributed by atoms with Crippen molar-refractivity contribution in [3.05, 3.63) is 106 Å². The highest BCUT2D eigenvalue weighted by atomic mass is 15.1. The summed E-state index contributed by atoms with van der Waals surface area (Å²) in [7, 11) is 8.33. The second-order valence-corrected chi connectivity index (χ2v) is 10.3. The van der Waals surface area contributed by atoms with E-state index in [2.05, 4.69) is 145 Å². The number of hydrogen-bond donors (Lipinski definition) is 0. The molecule has 0 heterocycles. The monoisotopic (exact) mass is 462 g/mol. The standard InChI is InChI=1S/C33H38N2/c1-22(2)27-10-9-23(3)33-28(19-24(4)31(33)20-27)21-32(25-11-15-29(16-12-25)34(5)6)26-13-17-30(18-14-26)35(7)8/h9-22H,1-8H3. The van der Waals surface area contributed by atoms with Crippen molar-refractivity contribution in [2.24, 2.45) is 0 Å². The summed E-state index contributed by atoms with van der Waals surface area (Å²) in [5, 5.41) is 0. The van der Waals surface area contributed by atoms with E-state index in [4.69, 9.17) is 0 Å². The second-order valence-electron chi connectivity index (χ2n) is 10.3. The summed E-state index contributed by atoms with van der Waals surface area (Å²) in [6.45, 7) is 9.01. The van der Waals surface area contributed by atoms with E-state index in [9.17, 15) is 0 Å². The zero-order chi connectivity index (χ0) is 25.3. The van der Waals surface area contributed by atoms with Crippen molar-refractivity contribution in [3.63, 3.8) is 0 Å². The smallest absolute Gasteiger partial charge is 0.0361 e. The minimum atomic E-state index is 0.499. The summed E-state index contributed by atoms with van der Waals surface area (Å²) in [4.78, 5) is 4.28. The van der Waals surface area contributed by atoms with E-state index in [1.807, 2.05) is 0 Å². The molecule has 2 nitrogen and oxygen atoms in total. The molecule has 2 heteroatoms.